The number of aromatic nitrogens is 2. The van der Waals surface area contributed by atoms with E-state index in [2.05, 4.69) is 14.7 Å². The molecule has 0 radical (unpaired) electrons. The number of rotatable bonds is 6. The van der Waals surface area contributed by atoms with E-state index >= 15 is 0 Å². The fourth-order valence-electron chi connectivity index (χ4n) is 1.54. The van der Waals surface area contributed by atoms with E-state index in [0.717, 1.165) is 5.69 Å². The quantitative estimate of drug-likeness (QED) is 0.717. The smallest absolute Gasteiger partial charge is 0.241 e. The van der Waals surface area contributed by atoms with Crippen LogP contribution in [0.15, 0.2) is 28.9 Å². The van der Waals surface area contributed by atoms with Gasteiger partial charge in [0.15, 0.2) is 0 Å². The highest BCUT2D eigenvalue weighted by Gasteiger charge is 2.18. The van der Waals surface area contributed by atoms with Crippen LogP contribution >= 0.6 is 11.3 Å². The van der Waals surface area contributed by atoms with Crippen molar-refractivity contribution in [1.29, 1.82) is 0 Å². The van der Waals surface area contributed by atoms with Crippen molar-refractivity contribution in [3.05, 3.63) is 34.5 Å². The molecule has 2 rings (SSSR count). The zero-order valence-corrected chi connectivity index (χ0v) is 11.2. The summed E-state index contributed by atoms with van der Waals surface area (Å²) in [5.74, 6) is 0. The summed E-state index contributed by atoms with van der Waals surface area (Å²) >= 11 is 1.35. The monoisotopic (exact) mass is 286 g/mol. The molecule has 0 amide bonds. The zero-order valence-electron chi connectivity index (χ0n) is 9.59. The van der Waals surface area contributed by atoms with E-state index < -0.39 is 10.0 Å². The topological polar surface area (TPSA) is 101 Å². The Balaban J connectivity index is 1.99. The normalized spacial score (nSPS) is 11.8. The zero-order chi connectivity index (χ0) is 13.0. The molecule has 0 saturated carbocycles. The molecule has 0 aromatic carbocycles. The number of thiophene rings is 1. The Hall–Kier alpha value is -1.22. The summed E-state index contributed by atoms with van der Waals surface area (Å²) in [7, 11) is -3.47. The van der Waals surface area contributed by atoms with Crippen molar-refractivity contribution in [2.24, 2.45) is 5.73 Å². The van der Waals surface area contributed by atoms with Crippen LogP contribution in [0.4, 0.5) is 0 Å². The average molecular weight is 286 g/mol. The molecule has 0 aliphatic carbocycles. The van der Waals surface area contributed by atoms with Crippen molar-refractivity contribution in [3.8, 4) is 0 Å². The van der Waals surface area contributed by atoms with Gasteiger partial charge in [0.2, 0.25) is 10.0 Å². The van der Waals surface area contributed by atoms with Gasteiger partial charge in [-0.05, 0) is 11.4 Å². The fraction of sp³-hybridized carbons (Fsp3) is 0.300. The Morgan fingerprint density at radius 3 is 3.00 bits per heavy atom. The standard InChI is InChI=1S/C10H14N4O2S2/c11-5-9-10(2-4-17-9)18(15,16)14-3-1-8-6-12-7-13-8/h2,4,6-7,14H,1,3,5,11H2,(H,12,13). The number of nitrogens with zero attached hydrogens (tertiary/aromatic N) is 1. The molecule has 0 unspecified atom stereocenters. The van der Waals surface area contributed by atoms with Gasteiger partial charge in [-0.3, -0.25) is 0 Å². The summed E-state index contributed by atoms with van der Waals surface area (Å²) in [6, 6.07) is 1.57. The lowest BCUT2D eigenvalue weighted by atomic mass is 10.3. The Morgan fingerprint density at radius 1 is 1.50 bits per heavy atom. The number of aromatic amines is 1. The lowest BCUT2D eigenvalue weighted by molar-refractivity contribution is 0.581. The second-order valence-corrected chi connectivity index (χ2v) is 6.37. The van der Waals surface area contributed by atoms with E-state index in [1.54, 1.807) is 24.0 Å². The van der Waals surface area contributed by atoms with Gasteiger partial charge >= 0.3 is 0 Å². The molecule has 6 nitrogen and oxygen atoms in total. The third kappa shape index (κ3) is 2.96. The van der Waals surface area contributed by atoms with Crippen molar-refractivity contribution in [1.82, 2.24) is 14.7 Å². The van der Waals surface area contributed by atoms with Crippen LogP contribution in [0.1, 0.15) is 10.6 Å². The van der Waals surface area contributed by atoms with Crippen molar-refractivity contribution >= 4 is 21.4 Å². The highest BCUT2D eigenvalue weighted by Crippen LogP contribution is 2.20. The van der Waals surface area contributed by atoms with Crippen molar-refractivity contribution in [3.63, 3.8) is 0 Å². The fourth-order valence-corrected chi connectivity index (χ4v) is 3.90. The molecule has 98 valence electrons. The van der Waals surface area contributed by atoms with Crippen LogP contribution < -0.4 is 10.5 Å². The number of imidazole rings is 1. The van der Waals surface area contributed by atoms with Crippen LogP contribution in [0.2, 0.25) is 0 Å². The van der Waals surface area contributed by atoms with Gasteiger partial charge < -0.3 is 10.7 Å². The summed E-state index contributed by atoms with van der Waals surface area (Å²) in [5.41, 5.74) is 6.39. The largest absolute Gasteiger partial charge is 0.348 e. The van der Waals surface area contributed by atoms with Crippen LogP contribution in [0, 0.1) is 0 Å². The summed E-state index contributed by atoms with van der Waals surface area (Å²) in [5, 5.41) is 1.73. The molecular weight excluding hydrogens is 272 g/mol. The molecule has 18 heavy (non-hydrogen) atoms. The molecule has 0 saturated heterocycles. The predicted molar refractivity (Wildman–Crippen MR) is 69.7 cm³/mol. The van der Waals surface area contributed by atoms with Crippen LogP contribution in [-0.2, 0) is 23.0 Å². The number of hydrogen-bond acceptors (Lipinski definition) is 5. The second kappa shape index (κ2) is 5.61. The first-order valence-electron chi connectivity index (χ1n) is 5.37. The lowest BCUT2D eigenvalue weighted by Crippen LogP contribution is -2.26. The van der Waals surface area contributed by atoms with E-state index in [1.165, 1.54) is 11.3 Å². The van der Waals surface area contributed by atoms with Crippen molar-refractivity contribution in [2.75, 3.05) is 6.54 Å². The average Bonchev–Trinajstić information content (AvgIpc) is 2.99. The minimum Gasteiger partial charge on any atom is -0.348 e. The molecule has 2 aromatic heterocycles. The molecule has 0 atom stereocenters. The second-order valence-electron chi connectivity index (χ2n) is 3.64. The number of hydrogen-bond donors (Lipinski definition) is 3. The maximum atomic E-state index is 12.0. The molecule has 2 heterocycles. The first-order valence-corrected chi connectivity index (χ1v) is 7.73. The molecule has 8 heteroatoms. The Bertz CT molecular complexity index is 589. The first-order chi connectivity index (χ1) is 8.63. The SMILES string of the molecule is NCc1sccc1S(=O)(=O)NCCc1cnc[nH]1. The number of nitrogens with one attached hydrogen (secondary N) is 2. The molecule has 0 spiro atoms. The molecule has 0 fully saturated rings. The van der Waals surface area contributed by atoms with Gasteiger partial charge in [0.05, 0.1) is 11.2 Å². The third-order valence-corrected chi connectivity index (χ3v) is 5.04. The van der Waals surface area contributed by atoms with Gasteiger partial charge in [-0.2, -0.15) is 0 Å². The number of sulfonamides is 1. The maximum absolute atomic E-state index is 12.0. The van der Waals surface area contributed by atoms with Gasteiger partial charge in [0.25, 0.3) is 0 Å². The van der Waals surface area contributed by atoms with Gasteiger partial charge in [0.1, 0.15) is 0 Å². The molecular formula is C10H14N4O2S2. The van der Waals surface area contributed by atoms with Gasteiger partial charge in [0, 0.05) is 36.3 Å². The van der Waals surface area contributed by atoms with Crippen LogP contribution in [-0.4, -0.2) is 24.9 Å². The Morgan fingerprint density at radius 2 is 2.33 bits per heavy atom. The predicted octanol–water partition coefficient (Wildman–Crippen LogP) is 0.451. The summed E-state index contributed by atoms with van der Waals surface area (Å²) in [6.45, 7) is 0.554. The lowest BCUT2D eigenvalue weighted by Gasteiger charge is -2.06. The highest BCUT2D eigenvalue weighted by atomic mass is 32.2. The van der Waals surface area contributed by atoms with Crippen LogP contribution in [0.5, 0.6) is 0 Å². The summed E-state index contributed by atoms with van der Waals surface area (Å²) in [4.78, 5) is 7.73. The molecule has 2 aromatic rings. The maximum Gasteiger partial charge on any atom is 0.241 e. The van der Waals surface area contributed by atoms with E-state index in [0.29, 0.717) is 17.8 Å². The van der Waals surface area contributed by atoms with E-state index in [-0.39, 0.29) is 11.4 Å². The Kier molecular flexibility index (Phi) is 4.12. The van der Waals surface area contributed by atoms with Gasteiger partial charge in [-0.1, -0.05) is 0 Å². The Labute approximate surface area is 109 Å². The van der Waals surface area contributed by atoms with Crippen LogP contribution in [0.25, 0.3) is 0 Å². The van der Waals surface area contributed by atoms with E-state index in [1.807, 2.05) is 0 Å². The van der Waals surface area contributed by atoms with E-state index in [9.17, 15) is 8.42 Å². The van der Waals surface area contributed by atoms with Crippen molar-refractivity contribution in [2.45, 2.75) is 17.9 Å². The van der Waals surface area contributed by atoms with E-state index in [4.69, 9.17) is 5.73 Å². The summed E-state index contributed by atoms with van der Waals surface area (Å²) < 4.78 is 26.6. The van der Waals surface area contributed by atoms with Crippen LogP contribution in [0.3, 0.4) is 0 Å². The first kappa shape index (κ1) is 13.2. The minimum absolute atomic E-state index is 0.231. The molecule has 0 aliphatic heterocycles. The van der Waals surface area contributed by atoms with Gasteiger partial charge in [-0.15, -0.1) is 11.3 Å². The third-order valence-electron chi connectivity index (χ3n) is 2.42. The van der Waals surface area contributed by atoms with Crippen molar-refractivity contribution < 1.29 is 8.42 Å². The van der Waals surface area contributed by atoms with Gasteiger partial charge in [-0.25, -0.2) is 18.1 Å². The highest BCUT2D eigenvalue weighted by molar-refractivity contribution is 7.89. The molecule has 0 bridgehead atoms. The minimum atomic E-state index is -3.47. The summed E-state index contributed by atoms with van der Waals surface area (Å²) in [6.07, 6.45) is 3.81. The number of nitrogens with two attached hydrogens (primary N) is 1. The molecule has 0 aliphatic rings. The molecule has 4 N–H and O–H groups in total. The number of H-pyrrole nitrogens is 1.